The van der Waals surface area contributed by atoms with E-state index in [-0.39, 0.29) is 96.4 Å². The fourth-order valence-electron chi connectivity index (χ4n) is 4.90. The lowest BCUT2D eigenvalue weighted by molar-refractivity contribution is -0.142. The van der Waals surface area contributed by atoms with Gasteiger partial charge in [0.15, 0.2) is 0 Å². The number of primary amides is 1. The van der Waals surface area contributed by atoms with Crippen molar-refractivity contribution < 1.29 is 48.0 Å². The van der Waals surface area contributed by atoms with Crippen LogP contribution < -0.4 is 21.7 Å². The van der Waals surface area contributed by atoms with Gasteiger partial charge in [0.25, 0.3) is 0 Å². The van der Waals surface area contributed by atoms with E-state index in [2.05, 4.69) is 22.9 Å². The Balaban J connectivity index is 3.67. The number of nitrogens with one attached hydrogen (secondary N) is 3. The monoisotopic (exact) mass is 702 g/mol. The number of carboxylic acids is 1. The van der Waals surface area contributed by atoms with Crippen molar-refractivity contribution in [2.45, 2.75) is 129 Å². The average Bonchev–Trinajstić information content (AvgIpc) is 3.06. The zero-order chi connectivity index (χ0) is 36.2. The topological polar surface area (TPSA) is 205 Å². The first-order valence-corrected chi connectivity index (χ1v) is 18.4. The quantitative estimate of drug-likeness (QED) is 0.0597. The molecule has 0 bridgehead atoms. The molecule has 0 aliphatic heterocycles. The molecule has 0 heterocycles. The standard InChI is InChI=1S/C35H66N4O10/c1-2-3-4-5-6-7-8-9-10-11-12-13-14-15-16-17-33(42)39-30(35(44)45)18-19-32(41)37-20-22-46-25-27-49-29-34(43)38-21-23-47-24-26-48-28-31(36)40/h30H,2-29H2,1H3,(H2,36,40)(H,37,41)(H,38,43)(H,39,42)(H,44,45)/t30-/m0/s1. The van der Waals surface area contributed by atoms with Gasteiger partial charge >= 0.3 is 5.97 Å². The molecule has 0 saturated heterocycles. The van der Waals surface area contributed by atoms with Crippen molar-refractivity contribution in [3.05, 3.63) is 0 Å². The van der Waals surface area contributed by atoms with Crippen molar-refractivity contribution in [1.29, 1.82) is 0 Å². The van der Waals surface area contributed by atoms with Crippen LogP contribution in [-0.2, 0) is 42.9 Å². The highest BCUT2D eigenvalue weighted by Gasteiger charge is 2.20. The minimum absolute atomic E-state index is 0.0000233. The molecular formula is C35H66N4O10. The van der Waals surface area contributed by atoms with Gasteiger partial charge in [0.1, 0.15) is 19.3 Å². The number of carbonyl (C=O) groups excluding carboxylic acids is 4. The van der Waals surface area contributed by atoms with E-state index < -0.39 is 17.9 Å². The van der Waals surface area contributed by atoms with Gasteiger partial charge in [-0.1, -0.05) is 96.8 Å². The molecule has 0 spiro atoms. The number of rotatable bonds is 37. The SMILES string of the molecule is CCCCCCCCCCCCCCCCCC(=O)N[C@@H](CCC(=O)NCCOCCOCC(=O)NCCOCCOCC(N)=O)C(=O)O. The molecule has 49 heavy (non-hydrogen) atoms. The Kier molecular flexibility index (Phi) is 33.0. The summed E-state index contributed by atoms with van der Waals surface area (Å²) in [4.78, 5) is 58.2. The molecule has 0 radical (unpaired) electrons. The molecule has 0 aromatic rings. The summed E-state index contributed by atoms with van der Waals surface area (Å²) in [5.41, 5.74) is 4.94. The van der Waals surface area contributed by atoms with E-state index >= 15 is 0 Å². The third-order valence-electron chi connectivity index (χ3n) is 7.66. The van der Waals surface area contributed by atoms with Gasteiger partial charge in [-0.15, -0.1) is 0 Å². The molecule has 286 valence electrons. The number of nitrogens with two attached hydrogens (primary N) is 1. The van der Waals surface area contributed by atoms with E-state index in [4.69, 9.17) is 24.7 Å². The largest absolute Gasteiger partial charge is 0.480 e. The summed E-state index contributed by atoms with van der Waals surface area (Å²) < 4.78 is 20.8. The Bertz CT molecular complexity index is 862. The number of carboxylic acid groups (broad SMARTS) is 1. The Morgan fingerprint density at radius 3 is 1.49 bits per heavy atom. The van der Waals surface area contributed by atoms with Crippen molar-refractivity contribution in [3.63, 3.8) is 0 Å². The lowest BCUT2D eigenvalue weighted by Gasteiger charge is -2.14. The first kappa shape index (κ1) is 46.2. The van der Waals surface area contributed by atoms with Crippen LogP contribution in [0.5, 0.6) is 0 Å². The zero-order valence-electron chi connectivity index (χ0n) is 30.1. The van der Waals surface area contributed by atoms with Crippen LogP contribution in [0.15, 0.2) is 0 Å². The van der Waals surface area contributed by atoms with Gasteiger partial charge in [0.2, 0.25) is 23.6 Å². The maximum absolute atomic E-state index is 12.3. The zero-order valence-corrected chi connectivity index (χ0v) is 30.1. The van der Waals surface area contributed by atoms with E-state index in [0.717, 1.165) is 19.3 Å². The summed E-state index contributed by atoms with van der Waals surface area (Å²) in [6.07, 6.45) is 18.8. The van der Waals surface area contributed by atoms with E-state index in [1.807, 2.05) is 0 Å². The maximum Gasteiger partial charge on any atom is 0.326 e. The van der Waals surface area contributed by atoms with Crippen molar-refractivity contribution in [1.82, 2.24) is 16.0 Å². The molecule has 0 unspecified atom stereocenters. The molecule has 0 rings (SSSR count). The van der Waals surface area contributed by atoms with Crippen LogP contribution in [0.25, 0.3) is 0 Å². The Morgan fingerprint density at radius 2 is 1.00 bits per heavy atom. The summed E-state index contributed by atoms with van der Waals surface area (Å²) >= 11 is 0. The van der Waals surface area contributed by atoms with E-state index in [9.17, 15) is 29.1 Å². The number of aliphatic carboxylic acids is 1. The van der Waals surface area contributed by atoms with Crippen LogP contribution in [0.1, 0.15) is 122 Å². The summed E-state index contributed by atoms with van der Waals surface area (Å²) in [6, 6.07) is -1.11. The van der Waals surface area contributed by atoms with Gasteiger partial charge in [-0.2, -0.15) is 0 Å². The van der Waals surface area contributed by atoms with Crippen LogP contribution in [0.2, 0.25) is 0 Å². The molecule has 6 N–H and O–H groups in total. The molecule has 0 fully saturated rings. The van der Waals surface area contributed by atoms with E-state index in [1.165, 1.54) is 77.0 Å². The van der Waals surface area contributed by atoms with Gasteiger partial charge in [-0.05, 0) is 12.8 Å². The lowest BCUT2D eigenvalue weighted by atomic mass is 10.0. The maximum atomic E-state index is 12.3. The molecule has 14 nitrogen and oxygen atoms in total. The third-order valence-corrected chi connectivity index (χ3v) is 7.66. The van der Waals surface area contributed by atoms with Gasteiger partial charge < -0.3 is 45.7 Å². The Labute approximate surface area is 293 Å². The van der Waals surface area contributed by atoms with Crippen molar-refractivity contribution in [2.24, 2.45) is 5.73 Å². The summed E-state index contributed by atoms with van der Waals surface area (Å²) in [5, 5.41) is 17.3. The number of hydrogen-bond donors (Lipinski definition) is 5. The first-order chi connectivity index (χ1) is 23.8. The molecule has 0 aliphatic rings. The van der Waals surface area contributed by atoms with Crippen molar-refractivity contribution in [2.75, 3.05) is 65.9 Å². The predicted molar refractivity (Wildman–Crippen MR) is 187 cm³/mol. The van der Waals surface area contributed by atoms with Crippen LogP contribution in [-0.4, -0.2) is 107 Å². The van der Waals surface area contributed by atoms with Crippen LogP contribution in [0.4, 0.5) is 0 Å². The number of unbranched alkanes of at least 4 members (excludes halogenated alkanes) is 14. The summed E-state index contributed by atoms with van der Waals surface area (Å²) in [6.45, 7) is 3.91. The Hall–Kier alpha value is -2.81. The molecule has 0 aromatic carbocycles. The summed E-state index contributed by atoms with van der Waals surface area (Å²) in [5.74, 6) is -2.65. The molecule has 0 aromatic heterocycles. The second-order valence-corrected chi connectivity index (χ2v) is 12.2. The molecule has 1 atom stereocenters. The first-order valence-electron chi connectivity index (χ1n) is 18.4. The minimum Gasteiger partial charge on any atom is -0.480 e. The van der Waals surface area contributed by atoms with Crippen LogP contribution in [0.3, 0.4) is 0 Å². The highest BCUT2D eigenvalue weighted by molar-refractivity contribution is 5.84. The fraction of sp³-hybridized carbons (Fsp3) is 0.857. The third kappa shape index (κ3) is 34.8. The van der Waals surface area contributed by atoms with E-state index in [1.54, 1.807) is 0 Å². The number of carbonyl (C=O) groups is 5. The normalized spacial score (nSPS) is 11.6. The second kappa shape index (κ2) is 35.0. The smallest absolute Gasteiger partial charge is 0.326 e. The van der Waals surface area contributed by atoms with Crippen molar-refractivity contribution in [3.8, 4) is 0 Å². The molecule has 4 amide bonds. The second-order valence-electron chi connectivity index (χ2n) is 12.2. The number of ether oxygens (including phenoxy) is 4. The number of hydrogen-bond acceptors (Lipinski definition) is 9. The minimum atomic E-state index is -1.16. The van der Waals surface area contributed by atoms with Gasteiger partial charge in [0.05, 0.1) is 39.6 Å². The molecular weight excluding hydrogens is 636 g/mol. The lowest BCUT2D eigenvalue weighted by Crippen LogP contribution is -2.41. The van der Waals surface area contributed by atoms with Gasteiger partial charge in [0, 0.05) is 25.9 Å². The van der Waals surface area contributed by atoms with Crippen molar-refractivity contribution >= 4 is 29.6 Å². The fourth-order valence-corrected chi connectivity index (χ4v) is 4.90. The van der Waals surface area contributed by atoms with Gasteiger partial charge in [-0.3, -0.25) is 19.2 Å². The Morgan fingerprint density at radius 1 is 0.551 bits per heavy atom. The highest BCUT2D eigenvalue weighted by atomic mass is 16.5. The van der Waals surface area contributed by atoms with E-state index in [0.29, 0.717) is 6.54 Å². The molecule has 0 saturated carbocycles. The van der Waals surface area contributed by atoms with Gasteiger partial charge in [-0.25, -0.2) is 4.79 Å². The van der Waals surface area contributed by atoms with Crippen LogP contribution >= 0.6 is 0 Å². The highest BCUT2D eigenvalue weighted by Crippen LogP contribution is 2.14. The molecule has 14 heteroatoms. The predicted octanol–water partition coefficient (Wildman–Crippen LogP) is 3.38. The molecule has 0 aliphatic carbocycles. The van der Waals surface area contributed by atoms with Crippen LogP contribution in [0, 0.1) is 0 Å². The summed E-state index contributed by atoms with van der Waals surface area (Å²) in [7, 11) is 0. The average molecular weight is 703 g/mol. The number of amides is 4.